The molecule has 0 unspecified atom stereocenters. The minimum atomic E-state index is -4.27. The van der Waals surface area contributed by atoms with Crippen molar-refractivity contribution in [3.8, 4) is 0 Å². The van der Waals surface area contributed by atoms with Crippen molar-refractivity contribution in [3.05, 3.63) is 23.3 Å². The largest absolute Gasteiger partial charge is 0.389 e. The van der Waals surface area contributed by atoms with Crippen LogP contribution in [-0.4, -0.2) is 28.2 Å². The molecule has 0 atom stereocenters. The van der Waals surface area contributed by atoms with Crippen molar-refractivity contribution < 1.29 is 21.6 Å². The number of alkyl halides is 3. The molecular formula is C13H19F3N2O2S. The zero-order valence-corrected chi connectivity index (χ0v) is 13.0. The Hall–Kier alpha value is -1.28. The van der Waals surface area contributed by atoms with Crippen LogP contribution in [0.15, 0.2) is 17.0 Å². The molecule has 0 spiro atoms. The van der Waals surface area contributed by atoms with Crippen molar-refractivity contribution in [1.29, 1.82) is 0 Å². The normalized spacial score (nSPS) is 12.5. The van der Waals surface area contributed by atoms with Crippen molar-refractivity contribution in [3.63, 3.8) is 0 Å². The minimum Gasteiger partial charge on any atom is -0.388 e. The Morgan fingerprint density at radius 2 is 1.67 bits per heavy atom. The van der Waals surface area contributed by atoms with Gasteiger partial charge in [0.05, 0.1) is 4.90 Å². The third-order valence-electron chi connectivity index (χ3n) is 2.95. The summed E-state index contributed by atoms with van der Waals surface area (Å²) in [5, 5.41) is 2.92. The summed E-state index contributed by atoms with van der Waals surface area (Å²) in [4.78, 5) is 0.119. The smallest absolute Gasteiger partial charge is 0.388 e. The van der Waals surface area contributed by atoms with E-state index in [0.717, 1.165) is 5.69 Å². The molecular weight excluding hydrogens is 305 g/mol. The lowest BCUT2D eigenvalue weighted by molar-refractivity contribution is -0.135. The molecule has 0 saturated heterocycles. The lowest BCUT2D eigenvalue weighted by Gasteiger charge is -2.14. The van der Waals surface area contributed by atoms with E-state index in [9.17, 15) is 21.6 Å². The number of benzene rings is 1. The third-order valence-corrected chi connectivity index (χ3v) is 4.71. The summed E-state index contributed by atoms with van der Waals surface area (Å²) >= 11 is 0. The van der Waals surface area contributed by atoms with Gasteiger partial charge in [-0.05, 0) is 43.5 Å². The van der Waals surface area contributed by atoms with Crippen LogP contribution in [0.2, 0.25) is 0 Å². The molecule has 1 aromatic rings. The molecule has 1 rings (SSSR count). The highest BCUT2D eigenvalue weighted by molar-refractivity contribution is 7.89. The van der Waals surface area contributed by atoms with E-state index in [1.54, 1.807) is 33.0 Å². The first-order valence-electron chi connectivity index (χ1n) is 6.42. The Morgan fingerprint density at radius 3 is 2.10 bits per heavy atom. The van der Waals surface area contributed by atoms with Gasteiger partial charge in [-0.2, -0.15) is 13.2 Å². The summed E-state index contributed by atoms with van der Waals surface area (Å²) in [6.07, 6.45) is -5.56. The van der Waals surface area contributed by atoms with Gasteiger partial charge in [0.1, 0.15) is 0 Å². The molecule has 8 heteroatoms. The molecule has 0 aliphatic heterocycles. The van der Waals surface area contributed by atoms with E-state index in [4.69, 9.17) is 0 Å². The molecule has 0 heterocycles. The quantitative estimate of drug-likeness (QED) is 0.791. The number of aryl methyl sites for hydroxylation is 2. The fraction of sp³-hybridized carbons (Fsp3) is 0.538. The second-order valence-electron chi connectivity index (χ2n) is 4.81. The summed E-state index contributed by atoms with van der Waals surface area (Å²) in [6.45, 7) is 3.06. The fourth-order valence-electron chi connectivity index (χ4n) is 2.09. The second-order valence-corrected chi connectivity index (χ2v) is 6.51. The predicted octanol–water partition coefficient (Wildman–Crippen LogP) is 2.97. The van der Waals surface area contributed by atoms with E-state index >= 15 is 0 Å². The maximum atomic E-state index is 12.2. The Bertz CT molecular complexity index is 575. The molecule has 4 nitrogen and oxygen atoms in total. The molecule has 0 radical (unpaired) electrons. The Morgan fingerprint density at radius 1 is 1.14 bits per heavy atom. The van der Waals surface area contributed by atoms with E-state index in [2.05, 4.69) is 10.0 Å². The Labute approximate surface area is 122 Å². The molecule has 0 aromatic heterocycles. The molecule has 2 N–H and O–H groups in total. The summed E-state index contributed by atoms with van der Waals surface area (Å²) in [7, 11) is -2.09. The lowest BCUT2D eigenvalue weighted by Crippen LogP contribution is -2.27. The molecule has 0 bridgehead atoms. The van der Waals surface area contributed by atoms with Crippen molar-refractivity contribution >= 4 is 15.7 Å². The maximum Gasteiger partial charge on any atom is 0.389 e. The van der Waals surface area contributed by atoms with Crippen LogP contribution in [0.5, 0.6) is 0 Å². The van der Waals surface area contributed by atoms with Gasteiger partial charge in [0, 0.05) is 25.7 Å². The van der Waals surface area contributed by atoms with Gasteiger partial charge < -0.3 is 5.32 Å². The first-order valence-corrected chi connectivity index (χ1v) is 7.90. The van der Waals surface area contributed by atoms with Crippen LogP contribution in [0.25, 0.3) is 0 Å². The maximum absolute atomic E-state index is 12.2. The van der Waals surface area contributed by atoms with Gasteiger partial charge in [0.25, 0.3) is 0 Å². The summed E-state index contributed by atoms with van der Waals surface area (Å²) in [5.41, 5.74) is 1.87. The zero-order chi connectivity index (χ0) is 16.3. The lowest BCUT2D eigenvalue weighted by atomic mass is 10.1. The third kappa shape index (κ3) is 5.20. The fourth-order valence-corrected chi connectivity index (χ4v) is 3.61. The minimum absolute atomic E-state index is 0.119. The van der Waals surface area contributed by atoms with Gasteiger partial charge in [0.15, 0.2) is 0 Å². The van der Waals surface area contributed by atoms with Crippen molar-refractivity contribution in [2.75, 3.05) is 18.9 Å². The van der Waals surface area contributed by atoms with Crippen LogP contribution < -0.4 is 10.0 Å². The second kappa shape index (κ2) is 6.65. The number of nitrogens with one attached hydrogen (secondary N) is 2. The predicted molar refractivity (Wildman–Crippen MR) is 75.9 cm³/mol. The first-order chi connectivity index (χ1) is 9.57. The summed E-state index contributed by atoms with van der Waals surface area (Å²) < 4.78 is 62.7. The van der Waals surface area contributed by atoms with Crippen LogP contribution in [0.4, 0.5) is 18.9 Å². The van der Waals surface area contributed by atoms with Crippen LogP contribution in [-0.2, 0) is 10.0 Å². The highest BCUT2D eigenvalue weighted by Crippen LogP contribution is 2.25. The number of hydrogen-bond donors (Lipinski definition) is 2. The van der Waals surface area contributed by atoms with Gasteiger partial charge >= 0.3 is 6.18 Å². The number of rotatable bonds is 6. The van der Waals surface area contributed by atoms with Crippen molar-refractivity contribution in [2.45, 2.75) is 37.8 Å². The Balaban J connectivity index is 2.84. The van der Waals surface area contributed by atoms with Crippen molar-refractivity contribution in [2.24, 2.45) is 0 Å². The molecule has 120 valence electrons. The topological polar surface area (TPSA) is 58.2 Å². The van der Waals surface area contributed by atoms with E-state index < -0.39 is 22.6 Å². The average Bonchev–Trinajstić information content (AvgIpc) is 2.32. The first kappa shape index (κ1) is 17.8. The standard InChI is InChI=1S/C13H19F3N2O2S/c1-9-7-11(17-3)8-10(2)12(9)21(19,20)18-6-4-5-13(14,15)16/h7-8,17-18H,4-6H2,1-3H3. The Kier molecular flexibility index (Phi) is 5.63. The SMILES string of the molecule is CNc1cc(C)c(S(=O)(=O)NCCCC(F)(F)F)c(C)c1. The molecule has 0 aliphatic rings. The van der Waals surface area contributed by atoms with Gasteiger partial charge in [-0.1, -0.05) is 0 Å². The van der Waals surface area contributed by atoms with Crippen LogP contribution in [0.1, 0.15) is 24.0 Å². The van der Waals surface area contributed by atoms with E-state index in [1.807, 2.05) is 0 Å². The molecule has 0 aliphatic carbocycles. The van der Waals surface area contributed by atoms with Gasteiger partial charge in [-0.3, -0.25) is 0 Å². The number of sulfonamides is 1. The van der Waals surface area contributed by atoms with Crippen LogP contribution in [0, 0.1) is 13.8 Å². The number of halogens is 3. The highest BCUT2D eigenvalue weighted by Gasteiger charge is 2.27. The highest BCUT2D eigenvalue weighted by atomic mass is 32.2. The zero-order valence-electron chi connectivity index (χ0n) is 12.1. The molecule has 1 aromatic carbocycles. The average molecular weight is 324 g/mol. The van der Waals surface area contributed by atoms with Gasteiger partial charge in [-0.15, -0.1) is 0 Å². The van der Waals surface area contributed by atoms with Gasteiger partial charge in [0.2, 0.25) is 10.0 Å². The van der Waals surface area contributed by atoms with E-state index in [-0.39, 0.29) is 17.9 Å². The van der Waals surface area contributed by atoms with Crippen LogP contribution >= 0.6 is 0 Å². The monoisotopic (exact) mass is 324 g/mol. The number of hydrogen-bond acceptors (Lipinski definition) is 3. The summed E-state index contributed by atoms with van der Waals surface area (Å²) in [6, 6.07) is 3.36. The van der Waals surface area contributed by atoms with Crippen molar-refractivity contribution in [1.82, 2.24) is 4.72 Å². The van der Waals surface area contributed by atoms with Gasteiger partial charge in [-0.25, -0.2) is 13.1 Å². The molecule has 0 fully saturated rings. The van der Waals surface area contributed by atoms with E-state index in [1.165, 1.54) is 0 Å². The molecule has 0 saturated carbocycles. The molecule has 21 heavy (non-hydrogen) atoms. The molecule has 0 amide bonds. The van der Waals surface area contributed by atoms with E-state index in [0.29, 0.717) is 11.1 Å². The number of anilines is 1. The van der Waals surface area contributed by atoms with Crippen LogP contribution in [0.3, 0.4) is 0 Å². The summed E-state index contributed by atoms with van der Waals surface area (Å²) in [5.74, 6) is 0.